The number of nitriles is 1. The summed E-state index contributed by atoms with van der Waals surface area (Å²) in [6.45, 7) is 3.37. The summed E-state index contributed by atoms with van der Waals surface area (Å²) in [5.74, 6) is 0. The molecule has 0 aromatic heterocycles. The van der Waals surface area contributed by atoms with Crippen LogP contribution < -0.4 is 5.43 Å². The fraction of sp³-hybridized carbons (Fsp3) is 0.417. The molecule has 7 heteroatoms. The molecule has 0 bridgehead atoms. The van der Waals surface area contributed by atoms with Crippen LogP contribution in [0.25, 0.3) is 0 Å². The van der Waals surface area contributed by atoms with E-state index in [0.717, 1.165) is 26.2 Å². The van der Waals surface area contributed by atoms with Gasteiger partial charge in [-0.05, 0) is 19.2 Å². The average Bonchev–Trinajstić information content (AvgIpc) is 2.40. The highest BCUT2D eigenvalue weighted by molar-refractivity contribution is 5.68. The van der Waals surface area contributed by atoms with Gasteiger partial charge in [0, 0.05) is 26.2 Å². The Balaban J connectivity index is 2.21. The highest BCUT2D eigenvalue weighted by Crippen LogP contribution is 2.28. The molecule has 1 aromatic rings. The van der Waals surface area contributed by atoms with Crippen LogP contribution in [0.15, 0.2) is 18.2 Å². The van der Waals surface area contributed by atoms with Gasteiger partial charge in [-0.15, -0.1) is 0 Å². The van der Waals surface area contributed by atoms with Gasteiger partial charge >= 0.3 is 5.69 Å². The van der Waals surface area contributed by atoms with E-state index in [1.165, 1.54) is 6.07 Å². The molecule has 1 fully saturated rings. The summed E-state index contributed by atoms with van der Waals surface area (Å²) in [6, 6.07) is 6.57. The minimum atomic E-state index is -0.517. The molecule has 0 unspecified atom stereocenters. The predicted octanol–water partition coefficient (Wildman–Crippen LogP) is 1.04. The number of hydrogen-bond donors (Lipinski definition) is 1. The largest absolute Gasteiger partial charge is 0.313 e. The van der Waals surface area contributed by atoms with Crippen LogP contribution in [0.5, 0.6) is 0 Å². The molecule has 2 rings (SSSR count). The number of benzene rings is 1. The van der Waals surface area contributed by atoms with Crippen LogP contribution in [0.3, 0.4) is 0 Å². The Morgan fingerprint density at radius 1 is 1.37 bits per heavy atom. The molecule has 7 nitrogen and oxygen atoms in total. The van der Waals surface area contributed by atoms with Gasteiger partial charge in [0.05, 0.1) is 4.92 Å². The molecular formula is C12H15N5O2. The van der Waals surface area contributed by atoms with E-state index in [1.54, 1.807) is 12.1 Å². The zero-order valence-corrected chi connectivity index (χ0v) is 10.7. The van der Waals surface area contributed by atoms with Crippen molar-refractivity contribution in [1.82, 2.24) is 9.91 Å². The molecule has 0 aliphatic carbocycles. The number of nitrogens with zero attached hydrogens (tertiary/aromatic N) is 4. The molecular weight excluding hydrogens is 246 g/mol. The normalized spacial score (nSPS) is 16.8. The number of anilines is 1. The van der Waals surface area contributed by atoms with Gasteiger partial charge in [-0.1, -0.05) is 6.07 Å². The van der Waals surface area contributed by atoms with Crippen molar-refractivity contribution in [2.45, 2.75) is 0 Å². The molecule has 0 radical (unpaired) electrons. The second-order valence-electron chi connectivity index (χ2n) is 4.47. The Morgan fingerprint density at radius 3 is 2.63 bits per heavy atom. The number of nitro groups is 1. The van der Waals surface area contributed by atoms with Crippen molar-refractivity contribution in [3.05, 3.63) is 33.9 Å². The lowest BCUT2D eigenvalue weighted by Crippen LogP contribution is -2.47. The van der Waals surface area contributed by atoms with Gasteiger partial charge in [-0.3, -0.25) is 10.1 Å². The number of hydrazine groups is 1. The third kappa shape index (κ3) is 2.99. The quantitative estimate of drug-likeness (QED) is 0.646. The number of piperazine rings is 1. The molecule has 1 aliphatic rings. The van der Waals surface area contributed by atoms with Crippen molar-refractivity contribution in [2.24, 2.45) is 0 Å². The molecule has 0 atom stereocenters. The van der Waals surface area contributed by atoms with Crippen LogP contribution in [0, 0.1) is 21.4 Å². The highest BCUT2D eigenvalue weighted by Gasteiger charge is 2.22. The minimum Gasteiger partial charge on any atom is -0.313 e. The van der Waals surface area contributed by atoms with Crippen molar-refractivity contribution in [1.29, 1.82) is 5.26 Å². The summed E-state index contributed by atoms with van der Waals surface area (Å²) >= 11 is 0. The molecule has 1 heterocycles. The van der Waals surface area contributed by atoms with Gasteiger partial charge in [-0.25, -0.2) is 5.01 Å². The van der Waals surface area contributed by atoms with Crippen LogP contribution in [-0.4, -0.2) is 48.1 Å². The summed E-state index contributed by atoms with van der Waals surface area (Å²) in [4.78, 5) is 12.8. The lowest BCUT2D eigenvalue weighted by molar-refractivity contribution is -0.384. The van der Waals surface area contributed by atoms with Crippen LogP contribution >= 0.6 is 0 Å². The first-order valence-corrected chi connectivity index (χ1v) is 5.99. The van der Waals surface area contributed by atoms with Crippen LogP contribution in [0.2, 0.25) is 0 Å². The van der Waals surface area contributed by atoms with Crippen LogP contribution in [0.4, 0.5) is 11.4 Å². The zero-order valence-electron chi connectivity index (χ0n) is 10.7. The maximum Gasteiger partial charge on any atom is 0.311 e. The van der Waals surface area contributed by atoms with E-state index in [2.05, 4.69) is 10.3 Å². The summed E-state index contributed by atoms with van der Waals surface area (Å²) < 4.78 is 0. The predicted molar refractivity (Wildman–Crippen MR) is 70.5 cm³/mol. The Hall–Kier alpha value is -2.17. The second kappa shape index (κ2) is 5.65. The van der Waals surface area contributed by atoms with E-state index in [0.29, 0.717) is 5.69 Å². The first-order chi connectivity index (χ1) is 9.11. The molecule has 0 spiro atoms. The zero-order chi connectivity index (χ0) is 13.8. The Labute approximate surface area is 111 Å². The molecule has 1 aromatic carbocycles. The lowest BCUT2D eigenvalue weighted by atomic mass is 10.1. The Morgan fingerprint density at radius 2 is 2.05 bits per heavy atom. The molecule has 1 aliphatic heterocycles. The number of nitrogens with one attached hydrogen (secondary N) is 1. The number of likely N-dealkylation sites (N-methyl/N-ethyl adjacent to an activating group) is 1. The molecule has 1 saturated heterocycles. The lowest BCUT2D eigenvalue weighted by Gasteiger charge is -2.32. The van der Waals surface area contributed by atoms with E-state index in [9.17, 15) is 10.1 Å². The summed E-state index contributed by atoms with van der Waals surface area (Å²) in [5.41, 5.74) is 3.32. The van der Waals surface area contributed by atoms with E-state index in [4.69, 9.17) is 5.26 Å². The average molecular weight is 261 g/mol. The van der Waals surface area contributed by atoms with Crippen molar-refractivity contribution in [3.8, 4) is 6.07 Å². The highest BCUT2D eigenvalue weighted by atomic mass is 16.6. The summed E-state index contributed by atoms with van der Waals surface area (Å²) in [7, 11) is 2.04. The van der Waals surface area contributed by atoms with Gasteiger partial charge in [-0.2, -0.15) is 5.26 Å². The topological polar surface area (TPSA) is 85.4 Å². The van der Waals surface area contributed by atoms with Crippen molar-refractivity contribution in [2.75, 3.05) is 38.7 Å². The first-order valence-electron chi connectivity index (χ1n) is 5.99. The Kier molecular flexibility index (Phi) is 3.94. The first kappa shape index (κ1) is 13.3. The number of nitro benzene ring substituents is 1. The molecule has 100 valence electrons. The third-order valence-electron chi connectivity index (χ3n) is 3.12. The van der Waals surface area contributed by atoms with Gasteiger partial charge in [0.1, 0.15) is 17.3 Å². The second-order valence-corrected chi connectivity index (χ2v) is 4.47. The standard InChI is InChI=1S/C12H15N5O2/c1-15-5-7-16(8-6-15)14-11-4-2-3-10(9-13)12(11)17(18)19/h2-4,14H,5-8H2,1H3. The fourth-order valence-corrected chi connectivity index (χ4v) is 2.01. The SMILES string of the molecule is CN1CCN(Nc2cccc(C#N)c2[N+](=O)[O-])CC1. The minimum absolute atomic E-state index is 0.0733. The number of hydrogen-bond acceptors (Lipinski definition) is 6. The van der Waals surface area contributed by atoms with Crippen LogP contribution in [0.1, 0.15) is 5.56 Å². The monoisotopic (exact) mass is 261 g/mol. The van der Waals surface area contributed by atoms with Crippen LogP contribution in [-0.2, 0) is 0 Å². The summed E-state index contributed by atoms with van der Waals surface area (Å²) in [5, 5.41) is 21.9. The van der Waals surface area contributed by atoms with E-state index < -0.39 is 4.92 Å². The maximum absolute atomic E-state index is 11.1. The van der Waals surface area contributed by atoms with E-state index in [-0.39, 0.29) is 11.3 Å². The van der Waals surface area contributed by atoms with Gasteiger partial charge < -0.3 is 10.3 Å². The molecule has 0 saturated carbocycles. The smallest absolute Gasteiger partial charge is 0.311 e. The fourth-order valence-electron chi connectivity index (χ4n) is 2.01. The molecule has 1 N–H and O–H groups in total. The molecule has 0 amide bonds. The number of para-hydroxylation sites is 1. The van der Waals surface area contributed by atoms with Gasteiger partial charge in [0.15, 0.2) is 0 Å². The summed E-state index contributed by atoms with van der Waals surface area (Å²) in [6.07, 6.45) is 0. The van der Waals surface area contributed by atoms with E-state index >= 15 is 0 Å². The Bertz CT molecular complexity index is 517. The van der Waals surface area contributed by atoms with Crippen molar-refractivity contribution >= 4 is 11.4 Å². The van der Waals surface area contributed by atoms with Gasteiger partial charge in [0.25, 0.3) is 0 Å². The van der Waals surface area contributed by atoms with Crippen molar-refractivity contribution in [3.63, 3.8) is 0 Å². The van der Waals surface area contributed by atoms with Crippen molar-refractivity contribution < 1.29 is 4.92 Å². The third-order valence-corrected chi connectivity index (χ3v) is 3.12. The maximum atomic E-state index is 11.1. The molecule has 19 heavy (non-hydrogen) atoms. The van der Waals surface area contributed by atoms with E-state index in [1.807, 2.05) is 18.1 Å². The van der Waals surface area contributed by atoms with Gasteiger partial charge in [0.2, 0.25) is 0 Å². The number of rotatable bonds is 3.